The van der Waals surface area contributed by atoms with E-state index in [0.717, 1.165) is 11.3 Å². The summed E-state index contributed by atoms with van der Waals surface area (Å²) in [7, 11) is 1.23. The second-order valence-electron chi connectivity index (χ2n) is 5.78. The average Bonchev–Trinajstić information content (AvgIpc) is 3.22. The third kappa shape index (κ3) is 3.92. The summed E-state index contributed by atoms with van der Waals surface area (Å²) >= 11 is 0. The highest BCUT2D eigenvalue weighted by atomic mass is 16.6. The summed E-state index contributed by atoms with van der Waals surface area (Å²) in [4.78, 5) is 26.3. The molecule has 1 heterocycles. The molecule has 0 saturated heterocycles. The third-order valence-corrected chi connectivity index (χ3v) is 4.07. The van der Waals surface area contributed by atoms with Gasteiger partial charge in [0.2, 0.25) is 0 Å². The van der Waals surface area contributed by atoms with Crippen LogP contribution in [0, 0.1) is 10.1 Å². The van der Waals surface area contributed by atoms with E-state index >= 15 is 0 Å². The number of nitro groups is 1. The standard InChI is InChI=1S/C18H17N5O4/c1-12(13-3-5-14(6-4-13)22-11-19-10-20-22)21-17-8-7-15(23(25)26)9-16(17)18(24)27-2/h3-12,21H,1-2H3. The molecule has 0 radical (unpaired) electrons. The molecule has 0 saturated carbocycles. The highest BCUT2D eigenvalue weighted by molar-refractivity contribution is 5.96. The average molecular weight is 367 g/mol. The zero-order chi connectivity index (χ0) is 19.4. The Balaban J connectivity index is 1.83. The van der Waals surface area contributed by atoms with Crippen LogP contribution in [0.2, 0.25) is 0 Å². The lowest BCUT2D eigenvalue weighted by molar-refractivity contribution is -0.384. The summed E-state index contributed by atoms with van der Waals surface area (Å²) in [5, 5.41) is 18.2. The Labute approximate surface area is 154 Å². The summed E-state index contributed by atoms with van der Waals surface area (Å²) in [6, 6.07) is 11.6. The minimum absolute atomic E-state index is 0.109. The minimum Gasteiger partial charge on any atom is -0.465 e. The number of benzene rings is 2. The van der Waals surface area contributed by atoms with E-state index < -0.39 is 10.9 Å². The van der Waals surface area contributed by atoms with Gasteiger partial charge in [-0.25, -0.2) is 14.5 Å². The summed E-state index contributed by atoms with van der Waals surface area (Å²) in [5.74, 6) is -0.644. The molecule has 27 heavy (non-hydrogen) atoms. The summed E-state index contributed by atoms with van der Waals surface area (Å²) in [6.45, 7) is 1.92. The van der Waals surface area contributed by atoms with Gasteiger partial charge in [-0.2, -0.15) is 5.10 Å². The molecule has 0 bridgehead atoms. The Morgan fingerprint density at radius 3 is 2.59 bits per heavy atom. The van der Waals surface area contributed by atoms with Gasteiger partial charge in [-0.15, -0.1) is 0 Å². The van der Waals surface area contributed by atoms with Crippen LogP contribution in [0.3, 0.4) is 0 Å². The van der Waals surface area contributed by atoms with E-state index in [4.69, 9.17) is 4.74 Å². The van der Waals surface area contributed by atoms with Crippen LogP contribution < -0.4 is 5.32 Å². The van der Waals surface area contributed by atoms with Gasteiger partial charge >= 0.3 is 5.97 Å². The highest BCUT2D eigenvalue weighted by Crippen LogP contribution is 2.27. The van der Waals surface area contributed by atoms with Gasteiger partial charge in [0, 0.05) is 23.9 Å². The number of ether oxygens (including phenoxy) is 1. The number of hydrogen-bond donors (Lipinski definition) is 1. The van der Waals surface area contributed by atoms with Gasteiger partial charge < -0.3 is 10.1 Å². The number of non-ortho nitro benzene ring substituents is 1. The molecule has 0 aliphatic rings. The Morgan fingerprint density at radius 2 is 2.00 bits per heavy atom. The predicted molar refractivity (Wildman–Crippen MR) is 97.8 cm³/mol. The van der Waals surface area contributed by atoms with Gasteiger partial charge in [0.25, 0.3) is 5.69 Å². The van der Waals surface area contributed by atoms with E-state index in [9.17, 15) is 14.9 Å². The maximum atomic E-state index is 12.0. The van der Waals surface area contributed by atoms with Gasteiger partial charge in [0.05, 0.1) is 23.3 Å². The monoisotopic (exact) mass is 367 g/mol. The van der Waals surface area contributed by atoms with Gasteiger partial charge in [0.1, 0.15) is 12.7 Å². The topological polar surface area (TPSA) is 112 Å². The number of nitrogens with zero attached hydrogens (tertiary/aromatic N) is 4. The normalized spacial score (nSPS) is 11.6. The van der Waals surface area contributed by atoms with E-state index in [1.165, 1.54) is 31.6 Å². The molecule has 9 nitrogen and oxygen atoms in total. The second kappa shape index (κ2) is 7.65. The van der Waals surface area contributed by atoms with Crippen LogP contribution >= 0.6 is 0 Å². The lowest BCUT2D eigenvalue weighted by Gasteiger charge is -2.18. The van der Waals surface area contributed by atoms with Gasteiger partial charge in [-0.05, 0) is 30.7 Å². The maximum Gasteiger partial charge on any atom is 0.340 e. The largest absolute Gasteiger partial charge is 0.465 e. The van der Waals surface area contributed by atoms with Crippen molar-refractivity contribution in [3.8, 4) is 5.69 Å². The molecular weight excluding hydrogens is 350 g/mol. The molecule has 0 aliphatic carbocycles. The molecule has 1 N–H and O–H groups in total. The van der Waals surface area contributed by atoms with E-state index in [2.05, 4.69) is 15.4 Å². The molecule has 2 aromatic carbocycles. The number of nitro benzene ring substituents is 1. The van der Waals surface area contributed by atoms with Crippen molar-refractivity contribution in [3.05, 3.63) is 76.4 Å². The SMILES string of the molecule is COC(=O)c1cc([N+](=O)[O-])ccc1NC(C)c1ccc(-n2cncn2)cc1. The first-order chi connectivity index (χ1) is 13.0. The zero-order valence-corrected chi connectivity index (χ0v) is 14.7. The van der Waals surface area contributed by atoms with E-state index in [-0.39, 0.29) is 17.3 Å². The number of carbonyl (C=O) groups is 1. The number of hydrogen-bond acceptors (Lipinski definition) is 7. The zero-order valence-electron chi connectivity index (χ0n) is 14.7. The van der Waals surface area contributed by atoms with Crippen molar-refractivity contribution >= 4 is 17.3 Å². The number of rotatable bonds is 6. The molecule has 1 atom stereocenters. The smallest absolute Gasteiger partial charge is 0.340 e. The number of aromatic nitrogens is 3. The van der Waals surface area contributed by atoms with Crippen molar-refractivity contribution < 1.29 is 14.5 Å². The van der Waals surface area contributed by atoms with E-state index in [0.29, 0.717) is 5.69 Å². The second-order valence-corrected chi connectivity index (χ2v) is 5.78. The van der Waals surface area contributed by atoms with Crippen molar-refractivity contribution in [2.75, 3.05) is 12.4 Å². The van der Waals surface area contributed by atoms with Gasteiger partial charge in [-0.1, -0.05) is 12.1 Å². The van der Waals surface area contributed by atoms with Crippen LogP contribution in [0.1, 0.15) is 28.9 Å². The third-order valence-electron chi connectivity index (χ3n) is 4.07. The van der Waals surface area contributed by atoms with Crippen molar-refractivity contribution in [1.82, 2.24) is 14.8 Å². The molecule has 0 amide bonds. The number of anilines is 1. The first kappa shape index (κ1) is 18.1. The van der Waals surface area contributed by atoms with Crippen LogP contribution in [-0.2, 0) is 4.74 Å². The Bertz CT molecular complexity index is 954. The van der Waals surface area contributed by atoms with Crippen LogP contribution in [0.4, 0.5) is 11.4 Å². The number of nitrogens with one attached hydrogen (secondary N) is 1. The molecule has 1 unspecified atom stereocenters. The predicted octanol–water partition coefficient (Wildman–Crippen LogP) is 3.14. The molecule has 1 aromatic heterocycles. The first-order valence-electron chi connectivity index (χ1n) is 8.08. The fourth-order valence-electron chi connectivity index (χ4n) is 2.62. The van der Waals surface area contributed by atoms with E-state index in [1.807, 2.05) is 31.2 Å². The maximum absolute atomic E-state index is 12.0. The van der Waals surface area contributed by atoms with Crippen LogP contribution in [0.25, 0.3) is 5.69 Å². The minimum atomic E-state index is -0.644. The summed E-state index contributed by atoms with van der Waals surface area (Å²) in [5.41, 5.74) is 2.23. The Hall–Kier alpha value is -3.75. The van der Waals surface area contributed by atoms with Crippen LogP contribution in [0.15, 0.2) is 55.1 Å². The molecule has 3 aromatic rings. The van der Waals surface area contributed by atoms with Crippen molar-refractivity contribution in [2.24, 2.45) is 0 Å². The van der Waals surface area contributed by atoms with Crippen LogP contribution in [0.5, 0.6) is 0 Å². The quantitative estimate of drug-likeness (QED) is 0.404. The lowest BCUT2D eigenvalue weighted by Crippen LogP contribution is -2.12. The van der Waals surface area contributed by atoms with E-state index in [1.54, 1.807) is 11.0 Å². The Morgan fingerprint density at radius 1 is 1.26 bits per heavy atom. The molecular formula is C18H17N5O4. The molecule has 138 valence electrons. The van der Waals surface area contributed by atoms with Gasteiger partial charge in [-0.3, -0.25) is 10.1 Å². The number of esters is 1. The molecule has 0 fully saturated rings. The summed E-state index contributed by atoms with van der Waals surface area (Å²) < 4.78 is 6.39. The highest BCUT2D eigenvalue weighted by Gasteiger charge is 2.19. The molecule has 9 heteroatoms. The van der Waals surface area contributed by atoms with Crippen molar-refractivity contribution in [2.45, 2.75) is 13.0 Å². The fourth-order valence-corrected chi connectivity index (χ4v) is 2.62. The molecule has 3 rings (SSSR count). The fraction of sp³-hybridized carbons (Fsp3) is 0.167. The number of carbonyl (C=O) groups excluding carboxylic acids is 1. The Kier molecular flexibility index (Phi) is 5.11. The molecule has 0 aliphatic heterocycles. The lowest BCUT2D eigenvalue weighted by atomic mass is 10.1. The first-order valence-corrected chi connectivity index (χ1v) is 8.08. The number of methoxy groups -OCH3 is 1. The van der Waals surface area contributed by atoms with Crippen molar-refractivity contribution in [3.63, 3.8) is 0 Å². The van der Waals surface area contributed by atoms with Crippen LogP contribution in [-0.4, -0.2) is 32.8 Å². The molecule has 0 spiro atoms. The van der Waals surface area contributed by atoms with Crippen molar-refractivity contribution in [1.29, 1.82) is 0 Å². The summed E-state index contributed by atoms with van der Waals surface area (Å²) in [6.07, 6.45) is 3.07. The van der Waals surface area contributed by atoms with Gasteiger partial charge in [0.15, 0.2) is 0 Å².